The molecule has 0 bridgehead atoms. The zero-order chi connectivity index (χ0) is 13.8. The fourth-order valence-electron chi connectivity index (χ4n) is 2.50. The molecule has 1 aromatic carbocycles. The molecule has 1 N–H and O–H groups in total. The molecule has 1 atom stereocenters. The molecule has 1 aliphatic carbocycles. The molecule has 0 aliphatic heterocycles. The maximum Gasteiger partial charge on any atom is 0.130 e. The van der Waals surface area contributed by atoms with Gasteiger partial charge in [-0.3, -0.25) is 0 Å². The van der Waals surface area contributed by atoms with E-state index in [1.165, 1.54) is 16.8 Å². The highest BCUT2D eigenvalue weighted by Gasteiger charge is 2.17. The van der Waals surface area contributed by atoms with E-state index in [4.69, 9.17) is 0 Å². The first-order chi connectivity index (χ1) is 9.84. The van der Waals surface area contributed by atoms with Crippen LogP contribution in [0.15, 0.2) is 72.6 Å². The highest BCUT2D eigenvalue weighted by molar-refractivity contribution is 5.80. The maximum absolute atomic E-state index is 4.37. The van der Waals surface area contributed by atoms with Crippen LogP contribution in [0, 0.1) is 5.92 Å². The van der Waals surface area contributed by atoms with Crippen molar-refractivity contribution >= 4 is 11.4 Å². The second-order valence-corrected chi connectivity index (χ2v) is 5.07. The Balaban J connectivity index is 2.01. The molecule has 3 rings (SSSR count). The van der Waals surface area contributed by atoms with Gasteiger partial charge in [0.25, 0.3) is 0 Å². The van der Waals surface area contributed by atoms with Crippen LogP contribution in [0.2, 0.25) is 0 Å². The Bertz CT molecular complexity index is 627. The maximum atomic E-state index is 4.37. The third-order valence-electron chi connectivity index (χ3n) is 3.57. The van der Waals surface area contributed by atoms with E-state index in [2.05, 4.69) is 53.6 Å². The topological polar surface area (TPSA) is 24.9 Å². The molecule has 1 heterocycles. The molecule has 0 spiro atoms. The minimum absolute atomic E-state index is 0.470. The van der Waals surface area contributed by atoms with E-state index < -0.39 is 0 Å². The van der Waals surface area contributed by atoms with Gasteiger partial charge in [0.1, 0.15) is 5.82 Å². The van der Waals surface area contributed by atoms with Gasteiger partial charge in [-0.2, -0.15) is 0 Å². The Morgan fingerprint density at radius 2 is 1.85 bits per heavy atom. The van der Waals surface area contributed by atoms with Crippen LogP contribution in [0.25, 0.3) is 5.57 Å². The van der Waals surface area contributed by atoms with Gasteiger partial charge in [-0.15, -0.1) is 0 Å². The first-order valence-electron chi connectivity index (χ1n) is 6.99. The van der Waals surface area contributed by atoms with Crippen molar-refractivity contribution in [3.63, 3.8) is 0 Å². The van der Waals surface area contributed by atoms with Crippen LogP contribution < -0.4 is 5.32 Å². The van der Waals surface area contributed by atoms with E-state index >= 15 is 0 Å². The summed E-state index contributed by atoms with van der Waals surface area (Å²) in [7, 11) is 0. The number of anilines is 1. The van der Waals surface area contributed by atoms with Crippen molar-refractivity contribution in [1.29, 1.82) is 0 Å². The van der Waals surface area contributed by atoms with Crippen LogP contribution in [0.4, 0.5) is 5.82 Å². The Morgan fingerprint density at radius 3 is 2.60 bits per heavy atom. The predicted octanol–water partition coefficient (Wildman–Crippen LogP) is 4.50. The number of nitrogens with zero attached hydrogens (tertiary/aromatic N) is 1. The normalized spacial score (nSPS) is 18.1. The van der Waals surface area contributed by atoms with Crippen molar-refractivity contribution in [2.45, 2.75) is 13.3 Å². The fourth-order valence-corrected chi connectivity index (χ4v) is 2.50. The van der Waals surface area contributed by atoms with E-state index in [1.54, 1.807) is 0 Å². The van der Waals surface area contributed by atoms with Crippen molar-refractivity contribution in [2.75, 3.05) is 5.32 Å². The number of pyridine rings is 1. The standard InChI is InChI=1S/C18H18N2/c1-14-8-7-11-16(15-9-3-2-4-10-15)18(14)20-17-12-5-6-13-19-17/h2-7,9-14H,8H2,1H3,(H,19,20). The van der Waals surface area contributed by atoms with E-state index in [0.29, 0.717) is 5.92 Å². The Morgan fingerprint density at radius 1 is 1.05 bits per heavy atom. The molecule has 1 aromatic heterocycles. The molecule has 100 valence electrons. The lowest BCUT2D eigenvalue weighted by atomic mass is 9.90. The van der Waals surface area contributed by atoms with Crippen LogP contribution in [-0.2, 0) is 0 Å². The van der Waals surface area contributed by atoms with Gasteiger partial charge in [-0.1, -0.05) is 55.5 Å². The summed E-state index contributed by atoms with van der Waals surface area (Å²) in [4.78, 5) is 4.37. The lowest BCUT2D eigenvalue weighted by Crippen LogP contribution is -2.14. The molecule has 0 saturated carbocycles. The van der Waals surface area contributed by atoms with E-state index in [0.717, 1.165) is 12.2 Å². The van der Waals surface area contributed by atoms with Crippen molar-refractivity contribution < 1.29 is 0 Å². The molecule has 2 heteroatoms. The zero-order valence-corrected chi connectivity index (χ0v) is 11.6. The SMILES string of the molecule is CC1CC=CC(c2ccccc2)=C1Nc1ccccn1. The zero-order valence-electron chi connectivity index (χ0n) is 11.6. The van der Waals surface area contributed by atoms with E-state index in [9.17, 15) is 0 Å². The quantitative estimate of drug-likeness (QED) is 0.880. The average molecular weight is 262 g/mol. The monoisotopic (exact) mass is 262 g/mol. The first kappa shape index (κ1) is 12.7. The van der Waals surface area contributed by atoms with E-state index in [1.807, 2.05) is 30.5 Å². The number of hydrogen-bond acceptors (Lipinski definition) is 2. The van der Waals surface area contributed by atoms with Gasteiger partial charge < -0.3 is 5.32 Å². The molecular formula is C18H18N2. The van der Waals surface area contributed by atoms with Gasteiger partial charge in [-0.25, -0.2) is 4.98 Å². The number of rotatable bonds is 3. The number of hydrogen-bond donors (Lipinski definition) is 1. The highest BCUT2D eigenvalue weighted by atomic mass is 15.0. The number of benzene rings is 1. The smallest absolute Gasteiger partial charge is 0.130 e. The second kappa shape index (κ2) is 5.74. The average Bonchev–Trinajstić information content (AvgIpc) is 2.51. The molecule has 0 radical (unpaired) electrons. The number of nitrogens with one attached hydrogen (secondary N) is 1. The fraction of sp³-hybridized carbons (Fsp3) is 0.167. The van der Waals surface area contributed by atoms with Gasteiger partial charge in [0.05, 0.1) is 0 Å². The van der Waals surface area contributed by atoms with E-state index in [-0.39, 0.29) is 0 Å². The van der Waals surface area contributed by atoms with Gasteiger partial charge >= 0.3 is 0 Å². The first-order valence-corrected chi connectivity index (χ1v) is 6.99. The van der Waals surface area contributed by atoms with Crippen LogP contribution in [0.1, 0.15) is 18.9 Å². The molecule has 0 saturated heterocycles. The summed E-state index contributed by atoms with van der Waals surface area (Å²) in [5, 5.41) is 3.50. The Hall–Kier alpha value is -2.35. The third kappa shape index (κ3) is 2.64. The summed E-state index contributed by atoms with van der Waals surface area (Å²) < 4.78 is 0. The van der Waals surface area contributed by atoms with Crippen LogP contribution in [0.3, 0.4) is 0 Å². The lowest BCUT2D eigenvalue weighted by Gasteiger charge is -2.23. The van der Waals surface area contributed by atoms with Crippen molar-refractivity contribution in [3.8, 4) is 0 Å². The summed E-state index contributed by atoms with van der Waals surface area (Å²) in [6.07, 6.45) is 7.33. The predicted molar refractivity (Wildman–Crippen MR) is 84.1 cm³/mol. The largest absolute Gasteiger partial charge is 0.343 e. The molecule has 20 heavy (non-hydrogen) atoms. The second-order valence-electron chi connectivity index (χ2n) is 5.07. The van der Waals surface area contributed by atoms with Gasteiger partial charge in [-0.05, 0) is 24.1 Å². The van der Waals surface area contributed by atoms with Crippen molar-refractivity contribution in [2.24, 2.45) is 5.92 Å². The summed E-state index contributed by atoms with van der Waals surface area (Å²) >= 11 is 0. The third-order valence-corrected chi connectivity index (χ3v) is 3.57. The summed E-state index contributed by atoms with van der Waals surface area (Å²) in [6.45, 7) is 2.25. The minimum Gasteiger partial charge on any atom is -0.343 e. The molecular weight excluding hydrogens is 244 g/mol. The van der Waals surface area contributed by atoms with Crippen LogP contribution in [0.5, 0.6) is 0 Å². The summed E-state index contributed by atoms with van der Waals surface area (Å²) in [5.74, 6) is 1.37. The Labute approximate surface area is 119 Å². The Kier molecular flexibility index (Phi) is 3.64. The molecule has 0 fully saturated rings. The molecule has 2 nitrogen and oxygen atoms in total. The van der Waals surface area contributed by atoms with Crippen LogP contribution >= 0.6 is 0 Å². The summed E-state index contributed by atoms with van der Waals surface area (Å²) in [5.41, 5.74) is 3.75. The summed E-state index contributed by atoms with van der Waals surface area (Å²) in [6, 6.07) is 16.4. The van der Waals surface area contributed by atoms with Gasteiger partial charge in [0.15, 0.2) is 0 Å². The number of allylic oxidation sites excluding steroid dienone is 4. The molecule has 2 aromatic rings. The highest BCUT2D eigenvalue weighted by Crippen LogP contribution is 2.31. The van der Waals surface area contributed by atoms with Crippen molar-refractivity contribution in [1.82, 2.24) is 4.98 Å². The van der Waals surface area contributed by atoms with Gasteiger partial charge in [0.2, 0.25) is 0 Å². The number of aromatic nitrogens is 1. The van der Waals surface area contributed by atoms with Crippen LogP contribution in [-0.4, -0.2) is 4.98 Å². The van der Waals surface area contributed by atoms with Gasteiger partial charge in [0, 0.05) is 23.4 Å². The lowest BCUT2D eigenvalue weighted by molar-refractivity contribution is 0.694. The van der Waals surface area contributed by atoms with Crippen molar-refractivity contribution in [3.05, 3.63) is 78.1 Å². The molecule has 1 aliphatic rings. The minimum atomic E-state index is 0.470. The molecule has 1 unspecified atom stereocenters. The molecule has 0 amide bonds.